The largest absolute Gasteiger partial charge is 0.525 e. The Balaban J connectivity index is 1.90. The van der Waals surface area contributed by atoms with Crippen LogP contribution >= 0.6 is 11.3 Å². The van der Waals surface area contributed by atoms with Crippen molar-refractivity contribution in [1.82, 2.24) is 0 Å². The van der Waals surface area contributed by atoms with E-state index in [1.165, 1.54) is 6.07 Å². The molecule has 0 N–H and O–H groups in total. The second-order valence-corrected chi connectivity index (χ2v) is 7.65. The van der Waals surface area contributed by atoms with Gasteiger partial charge in [0, 0.05) is 5.56 Å². The predicted molar refractivity (Wildman–Crippen MR) is 94.9 cm³/mol. The van der Waals surface area contributed by atoms with E-state index in [0.29, 0.717) is 0 Å². The SMILES string of the molecule is CC1(C)OB(C(F)=Cc2cc(-c3ccsc3)ccc2F)OC1(C)C. The molecule has 0 spiro atoms. The number of hydrogen-bond acceptors (Lipinski definition) is 3. The predicted octanol–water partition coefficient (Wildman–Crippen LogP) is 5.50. The van der Waals surface area contributed by atoms with Crippen molar-refractivity contribution < 1.29 is 18.1 Å². The fourth-order valence-electron chi connectivity index (χ4n) is 2.43. The molecule has 1 aromatic carbocycles. The summed E-state index contributed by atoms with van der Waals surface area (Å²) in [5.41, 5.74) is 0.0667. The lowest BCUT2D eigenvalue weighted by Crippen LogP contribution is -2.41. The normalized spacial score (nSPS) is 19.8. The van der Waals surface area contributed by atoms with Gasteiger partial charge >= 0.3 is 7.12 Å². The Morgan fingerprint density at radius 3 is 2.33 bits per heavy atom. The van der Waals surface area contributed by atoms with Gasteiger partial charge in [-0.15, -0.1) is 0 Å². The van der Waals surface area contributed by atoms with Crippen molar-refractivity contribution in [1.29, 1.82) is 0 Å². The van der Waals surface area contributed by atoms with E-state index in [-0.39, 0.29) is 5.56 Å². The van der Waals surface area contributed by atoms with Crippen LogP contribution in [0.4, 0.5) is 8.78 Å². The van der Waals surface area contributed by atoms with E-state index < -0.39 is 29.9 Å². The first kappa shape index (κ1) is 17.3. The summed E-state index contributed by atoms with van der Waals surface area (Å²) in [7, 11) is -1.13. The first-order valence-corrected chi connectivity index (χ1v) is 8.69. The van der Waals surface area contributed by atoms with E-state index in [1.807, 2.05) is 44.5 Å². The van der Waals surface area contributed by atoms with Crippen LogP contribution in [0.25, 0.3) is 17.2 Å². The van der Waals surface area contributed by atoms with Crippen LogP contribution in [0.5, 0.6) is 0 Å². The molecule has 0 atom stereocenters. The molecular formula is C18H19BF2O2S. The van der Waals surface area contributed by atoms with E-state index in [2.05, 4.69) is 0 Å². The Labute approximate surface area is 145 Å². The third-order valence-electron chi connectivity index (χ3n) is 4.62. The molecule has 2 aromatic rings. The van der Waals surface area contributed by atoms with Gasteiger partial charge in [0.15, 0.2) is 0 Å². The highest BCUT2D eigenvalue weighted by molar-refractivity contribution is 7.08. The molecule has 1 saturated heterocycles. The van der Waals surface area contributed by atoms with Crippen molar-refractivity contribution in [2.45, 2.75) is 38.9 Å². The molecule has 1 aromatic heterocycles. The Morgan fingerprint density at radius 2 is 1.75 bits per heavy atom. The van der Waals surface area contributed by atoms with Gasteiger partial charge in [-0.25, -0.2) is 8.78 Å². The number of hydrogen-bond donors (Lipinski definition) is 0. The molecule has 1 aliphatic rings. The number of thiophene rings is 1. The minimum absolute atomic E-state index is 0.172. The van der Waals surface area contributed by atoms with Crippen molar-refractivity contribution >= 4 is 24.5 Å². The van der Waals surface area contributed by atoms with Crippen molar-refractivity contribution in [2.24, 2.45) is 0 Å². The van der Waals surface area contributed by atoms with Gasteiger partial charge in [-0.2, -0.15) is 11.3 Å². The number of halogens is 2. The average Bonchev–Trinajstić information content (AvgIpc) is 3.08. The minimum atomic E-state index is -1.13. The molecule has 0 aliphatic carbocycles. The van der Waals surface area contributed by atoms with Crippen LogP contribution in [0, 0.1) is 5.82 Å². The quantitative estimate of drug-likeness (QED) is 0.683. The molecule has 24 heavy (non-hydrogen) atoms. The van der Waals surface area contributed by atoms with Gasteiger partial charge in [-0.05, 0) is 73.9 Å². The zero-order chi connectivity index (χ0) is 17.5. The molecule has 6 heteroatoms. The van der Waals surface area contributed by atoms with Crippen LogP contribution in [0.2, 0.25) is 0 Å². The third kappa shape index (κ3) is 3.18. The maximum Gasteiger partial charge on any atom is 0.525 e. The Morgan fingerprint density at radius 1 is 1.08 bits per heavy atom. The standard InChI is InChI=1S/C18H19BF2O2S/c1-17(2)18(3,4)23-19(22-17)16(21)10-14-9-12(5-6-15(14)20)13-7-8-24-11-13/h5-11H,1-4H3. The van der Waals surface area contributed by atoms with Crippen molar-refractivity contribution in [2.75, 3.05) is 0 Å². The molecule has 0 amide bonds. The zero-order valence-electron chi connectivity index (χ0n) is 14.1. The molecule has 0 saturated carbocycles. The molecule has 0 radical (unpaired) electrons. The summed E-state index contributed by atoms with van der Waals surface area (Å²) in [4.78, 5) is 0. The first-order chi connectivity index (χ1) is 11.2. The van der Waals surface area contributed by atoms with E-state index in [1.54, 1.807) is 23.5 Å². The number of benzene rings is 1. The molecule has 2 nitrogen and oxygen atoms in total. The maximum atomic E-state index is 14.6. The minimum Gasteiger partial charge on any atom is -0.398 e. The molecule has 0 unspecified atom stereocenters. The first-order valence-electron chi connectivity index (χ1n) is 7.74. The molecular weight excluding hydrogens is 329 g/mol. The highest BCUT2D eigenvalue weighted by Crippen LogP contribution is 2.39. The van der Waals surface area contributed by atoms with Crippen molar-refractivity contribution in [3.8, 4) is 11.1 Å². The number of rotatable bonds is 3. The second-order valence-electron chi connectivity index (χ2n) is 6.87. The highest BCUT2D eigenvalue weighted by Gasteiger charge is 2.53. The smallest absolute Gasteiger partial charge is 0.398 e. The zero-order valence-corrected chi connectivity index (χ0v) is 14.9. The van der Waals surface area contributed by atoms with E-state index in [0.717, 1.165) is 17.2 Å². The van der Waals surface area contributed by atoms with Crippen LogP contribution < -0.4 is 0 Å². The van der Waals surface area contributed by atoms with Gasteiger partial charge in [-0.3, -0.25) is 0 Å². The molecule has 126 valence electrons. The van der Waals surface area contributed by atoms with E-state index in [4.69, 9.17) is 9.31 Å². The summed E-state index contributed by atoms with van der Waals surface area (Å²) in [6, 6.07) is 6.59. The molecule has 0 bridgehead atoms. The van der Waals surface area contributed by atoms with Gasteiger partial charge < -0.3 is 9.31 Å². The van der Waals surface area contributed by atoms with Crippen LogP contribution in [0.15, 0.2) is 40.8 Å². The summed E-state index contributed by atoms with van der Waals surface area (Å²) in [5.74, 6) is -0.486. The van der Waals surface area contributed by atoms with Gasteiger partial charge in [0.25, 0.3) is 0 Å². The molecule has 1 fully saturated rings. The lowest BCUT2D eigenvalue weighted by molar-refractivity contribution is 0.00578. The molecule has 1 aliphatic heterocycles. The Bertz CT molecular complexity index is 753. The van der Waals surface area contributed by atoms with Gasteiger partial charge in [0.1, 0.15) is 11.5 Å². The third-order valence-corrected chi connectivity index (χ3v) is 5.31. The van der Waals surface area contributed by atoms with Gasteiger partial charge in [0.2, 0.25) is 0 Å². The fraction of sp³-hybridized carbons (Fsp3) is 0.333. The van der Waals surface area contributed by atoms with E-state index >= 15 is 0 Å². The van der Waals surface area contributed by atoms with Gasteiger partial charge in [-0.1, -0.05) is 6.07 Å². The van der Waals surface area contributed by atoms with Crippen molar-refractivity contribution in [3.05, 3.63) is 52.1 Å². The van der Waals surface area contributed by atoms with Crippen LogP contribution in [0.3, 0.4) is 0 Å². The fourth-order valence-corrected chi connectivity index (χ4v) is 3.10. The summed E-state index contributed by atoms with van der Waals surface area (Å²) in [5, 5.41) is 3.91. The topological polar surface area (TPSA) is 18.5 Å². The monoisotopic (exact) mass is 348 g/mol. The second kappa shape index (κ2) is 6.10. The average molecular weight is 348 g/mol. The van der Waals surface area contributed by atoms with Crippen LogP contribution in [-0.4, -0.2) is 18.3 Å². The Hall–Kier alpha value is -1.50. The van der Waals surface area contributed by atoms with Crippen molar-refractivity contribution in [3.63, 3.8) is 0 Å². The lowest BCUT2D eigenvalue weighted by atomic mass is 9.86. The van der Waals surface area contributed by atoms with E-state index in [9.17, 15) is 8.78 Å². The molecule has 2 heterocycles. The summed E-state index contributed by atoms with van der Waals surface area (Å²) in [6.07, 6.45) is 1.15. The lowest BCUT2D eigenvalue weighted by Gasteiger charge is -2.32. The van der Waals surface area contributed by atoms with Gasteiger partial charge in [0.05, 0.1) is 11.2 Å². The summed E-state index contributed by atoms with van der Waals surface area (Å²) >= 11 is 1.56. The summed E-state index contributed by atoms with van der Waals surface area (Å²) < 4.78 is 40.0. The summed E-state index contributed by atoms with van der Waals surface area (Å²) in [6.45, 7) is 7.38. The highest BCUT2D eigenvalue weighted by atomic mass is 32.1. The van der Waals surface area contributed by atoms with Crippen LogP contribution in [0.1, 0.15) is 33.3 Å². The van der Waals surface area contributed by atoms with Crippen LogP contribution in [-0.2, 0) is 9.31 Å². The Kier molecular flexibility index (Phi) is 4.40. The maximum absolute atomic E-state index is 14.6. The molecule has 3 rings (SSSR count).